The molecule has 0 unspecified atom stereocenters. The molecule has 0 N–H and O–H groups in total. The first-order chi connectivity index (χ1) is 12.8. The fraction of sp³-hybridized carbons (Fsp3) is 0.421. The number of rotatable bonds is 6. The fourth-order valence-electron chi connectivity index (χ4n) is 2.97. The highest BCUT2D eigenvalue weighted by Gasteiger charge is 2.26. The molecule has 0 bridgehead atoms. The summed E-state index contributed by atoms with van der Waals surface area (Å²) in [6, 6.07) is 4.23. The summed E-state index contributed by atoms with van der Waals surface area (Å²) in [6.45, 7) is 5.38. The number of nitrogens with zero attached hydrogens (tertiary/aromatic N) is 5. The molecule has 3 rings (SSSR count). The van der Waals surface area contributed by atoms with Gasteiger partial charge in [-0.1, -0.05) is 17.4 Å². The van der Waals surface area contributed by atoms with E-state index >= 15 is 0 Å². The number of aryl methyl sites for hydroxylation is 3. The van der Waals surface area contributed by atoms with Crippen LogP contribution in [0.4, 0.5) is 5.13 Å². The second-order valence-corrected chi connectivity index (χ2v) is 7.92. The highest BCUT2D eigenvalue weighted by Crippen LogP contribution is 2.33. The van der Waals surface area contributed by atoms with Crippen LogP contribution in [0, 0.1) is 13.8 Å². The maximum Gasteiger partial charge on any atom is 0.267 e. The lowest BCUT2D eigenvalue weighted by atomic mass is 10.1. The highest BCUT2D eigenvalue weighted by molar-refractivity contribution is 7.22. The number of ether oxygens (including phenoxy) is 1. The van der Waals surface area contributed by atoms with Gasteiger partial charge in [-0.2, -0.15) is 0 Å². The molecule has 2 heterocycles. The molecule has 0 aliphatic rings. The molecular weight excluding hydrogens is 398 g/mol. The van der Waals surface area contributed by atoms with Crippen LogP contribution in [-0.2, 0) is 7.05 Å². The number of hydrogen-bond donors (Lipinski definition) is 0. The first-order valence-electron chi connectivity index (χ1n) is 8.72. The van der Waals surface area contributed by atoms with Gasteiger partial charge in [0.25, 0.3) is 5.91 Å². The third-order valence-corrected chi connectivity index (χ3v) is 5.31. The van der Waals surface area contributed by atoms with E-state index < -0.39 is 0 Å². The zero-order chi connectivity index (χ0) is 19.7. The second-order valence-electron chi connectivity index (χ2n) is 6.91. The predicted molar refractivity (Wildman–Crippen MR) is 116 cm³/mol. The number of halogens is 1. The van der Waals surface area contributed by atoms with Gasteiger partial charge in [0.15, 0.2) is 5.13 Å². The number of amides is 1. The van der Waals surface area contributed by atoms with Crippen LogP contribution >= 0.6 is 23.7 Å². The second kappa shape index (κ2) is 8.89. The van der Waals surface area contributed by atoms with Crippen molar-refractivity contribution in [1.29, 1.82) is 0 Å². The lowest BCUT2D eigenvalue weighted by Crippen LogP contribution is -2.36. The number of anilines is 1. The van der Waals surface area contributed by atoms with Gasteiger partial charge in [0.05, 0.1) is 17.3 Å². The SMILES string of the molecule is COc1nn(C)cc1C(=O)N(CCN(C)C)c1nc2c(C)cc(C)cc2s1.Cl. The summed E-state index contributed by atoms with van der Waals surface area (Å²) < 4.78 is 7.96. The molecule has 3 aromatic rings. The lowest BCUT2D eigenvalue weighted by molar-refractivity contribution is 0.0982. The van der Waals surface area contributed by atoms with Gasteiger partial charge in [-0.15, -0.1) is 17.5 Å². The zero-order valence-electron chi connectivity index (χ0n) is 17.0. The number of carbonyl (C=O) groups is 1. The first kappa shape index (κ1) is 22.1. The molecule has 0 saturated carbocycles. The molecule has 28 heavy (non-hydrogen) atoms. The van der Waals surface area contributed by atoms with Gasteiger partial charge in [-0.3, -0.25) is 14.4 Å². The largest absolute Gasteiger partial charge is 0.479 e. The lowest BCUT2D eigenvalue weighted by Gasteiger charge is -2.21. The van der Waals surface area contributed by atoms with Crippen LogP contribution in [0.1, 0.15) is 21.5 Å². The van der Waals surface area contributed by atoms with Crippen LogP contribution in [0.15, 0.2) is 18.3 Å². The van der Waals surface area contributed by atoms with Crippen molar-refractivity contribution >= 4 is 45.0 Å². The van der Waals surface area contributed by atoms with Crippen LogP contribution in [-0.4, -0.2) is 59.9 Å². The molecular formula is C19H26ClN5O2S. The van der Waals surface area contributed by atoms with E-state index in [0.717, 1.165) is 22.3 Å². The molecule has 7 nitrogen and oxygen atoms in total. The van der Waals surface area contributed by atoms with Crippen molar-refractivity contribution in [2.24, 2.45) is 7.05 Å². The molecule has 0 fully saturated rings. The van der Waals surface area contributed by atoms with E-state index in [1.54, 1.807) is 22.8 Å². The van der Waals surface area contributed by atoms with Gasteiger partial charge >= 0.3 is 0 Å². The highest BCUT2D eigenvalue weighted by atomic mass is 35.5. The molecule has 0 aliphatic heterocycles. The number of hydrogen-bond acceptors (Lipinski definition) is 6. The minimum Gasteiger partial charge on any atom is -0.479 e. The summed E-state index contributed by atoms with van der Waals surface area (Å²) in [5.41, 5.74) is 3.69. The Hall–Kier alpha value is -2.16. The Kier molecular flexibility index (Phi) is 7.03. The fourth-order valence-corrected chi connectivity index (χ4v) is 4.14. The molecule has 0 saturated heterocycles. The third kappa shape index (κ3) is 4.45. The quantitative estimate of drug-likeness (QED) is 0.608. The summed E-state index contributed by atoms with van der Waals surface area (Å²) in [4.78, 5) is 21.9. The van der Waals surface area contributed by atoms with Gasteiger partial charge in [0.1, 0.15) is 5.56 Å². The summed E-state index contributed by atoms with van der Waals surface area (Å²) in [5.74, 6) is 0.167. The van der Waals surface area contributed by atoms with Crippen molar-refractivity contribution in [1.82, 2.24) is 19.7 Å². The molecule has 152 valence electrons. The average Bonchev–Trinajstić information content (AvgIpc) is 3.18. The van der Waals surface area contributed by atoms with Crippen molar-refractivity contribution in [2.75, 3.05) is 39.2 Å². The van der Waals surface area contributed by atoms with E-state index in [-0.39, 0.29) is 18.3 Å². The van der Waals surface area contributed by atoms with Crippen LogP contribution in [0.2, 0.25) is 0 Å². The summed E-state index contributed by atoms with van der Waals surface area (Å²) in [6.07, 6.45) is 1.69. The molecule has 0 spiro atoms. The number of benzene rings is 1. The van der Waals surface area contributed by atoms with Crippen molar-refractivity contribution in [2.45, 2.75) is 13.8 Å². The van der Waals surface area contributed by atoms with Gasteiger partial charge in [-0.05, 0) is 45.1 Å². The zero-order valence-corrected chi connectivity index (χ0v) is 18.6. The van der Waals surface area contributed by atoms with E-state index in [4.69, 9.17) is 9.72 Å². The van der Waals surface area contributed by atoms with Crippen molar-refractivity contribution in [3.8, 4) is 5.88 Å². The first-order valence-corrected chi connectivity index (χ1v) is 9.53. The number of carbonyl (C=O) groups excluding carboxylic acids is 1. The molecule has 0 aliphatic carbocycles. The Bertz CT molecular complexity index is 982. The Morgan fingerprint density at radius 3 is 2.61 bits per heavy atom. The standard InChI is InChI=1S/C19H25N5O2S.ClH/c1-12-9-13(2)16-15(10-12)27-19(20-16)24(8-7-22(3)4)18(25)14-11-23(5)21-17(14)26-6;/h9-11H,7-8H2,1-6H3;1H. The van der Waals surface area contributed by atoms with Crippen molar-refractivity contribution in [3.63, 3.8) is 0 Å². The minimum absolute atomic E-state index is 0. The summed E-state index contributed by atoms with van der Waals surface area (Å²) in [7, 11) is 7.26. The molecule has 0 atom stereocenters. The van der Waals surface area contributed by atoms with Gasteiger partial charge in [-0.25, -0.2) is 4.98 Å². The minimum atomic E-state index is -0.157. The maximum absolute atomic E-state index is 13.3. The van der Waals surface area contributed by atoms with Crippen molar-refractivity contribution in [3.05, 3.63) is 35.0 Å². The van der Waals surface area contributed by atoms with Gasteiger partial charge in [0.2, 0.25) is 5.88 Å². The Labute approximate surface area is 175 Å². The van der Waals surface area contributed by atoms with Crippen LogP contribution in [0.5, 0.6) is 5.88 Å². The number of fused-ring (bicyclic) bond motifs is 1. The molecule has 9 heteroatoms. The van der Waals surface area contributed by atoms with Crippen LogP contribution in [0.3, 0.4) is 0 Å². The van der Waals surface area contributed by atoms with Gasteiger partial charge in [0, 0.05) is 26.3 Å². The molecule has 1 amide bonds. The van der Waals surface area contributed by atoms with Crippen molar-refractivity contribution < 1.29 is 9.53 Å². The normalized spacial score (nSPS) is 11.0. The van der Waals surface area contributed by atoms with E-state index in [0.29, 0.717) is 23.1 Å². The summed E-state index contributed by atoms with van der Waals surface area (Å²) in [5, 5.41) is 4.90. The monoisotopic (exact) mass is 423 g/mol. The molecule has 0 radical (unpaired) electrons. The number of likely N-dealkylation sites (N-methyl/N-ethyl adjacent to an activating group) is 1. The molecule has 1 aromatic carbocycles. The van der Waals surface area contributed by atoms with Crippen LogP contribution < -0.4 is 9.64 Å². The van der Waals surface area contributed by atoms with E-state index in [1.807, 2.05) is 19.0 Å². The third-order valence-electron chi connectivity index (χ3n) is 4.28. The van der Waals surface area contributed by atoms with Crippen LogP contribution in [0.25, 0.3) is 10.2 Å². The Balaban J connectivity index is 0.00000280. The Morgan fingerprint density at radius 1 is 1.25 bits per heavy atom. The predicted octanol–water partition coefficient (Wildman–Crippen LogP) is 3.29. The average molecular weight is 424 g/mol. The number of aromatic nitrogens is 3. The number of methoxy groups -OCH3 is 1. The smallest absolute Gasteiger partial charge is 0.267 e. The molecule has 2 aromatic heterocycles. The van der Waals surface area contributed by atoms with Gasteiger partial charge < -0.3 is 9.64 Å². The van der Waals surface area contributed by atoms with E-state index in [2.05, 4.69) is 31.1 Å². The maximum atomic E-state index is 13.3. The Morgan fingerprint density at radius 2 is 1.96 bits per heavy atom. The topological polar surface area (TPSA) is 63.5 Å². The summed E-state index contributed by atoms with van der Waals surface area (Å²) >= 11 is 1.54. The van der Waals surface area contributed by atoms with E-state index in [1.165, 1.54) is 24.0 Å². The number of thiazole rings is 1. The van der Waals surface area contributed by atoms with E-state index in [9.17, 15) is 4.79 Å².